The van der Waals surface area contributed by atoms with Crippen LogP contribution in [-0.2, 0) is 0 Å². The maximum absolute atomic E-state index is 12.0. The van der Waals surface area contributed by atoms with Gasteiger partial charge in [0, 0.05) is 12.5 Å². The van der Waals surface area contributed by atoms with E-state index in [0.717, 1.165) is 5.56 Å². The monoisotopic (exact) mass is 311 g/mol. The van der Waals surface area contributed by atoms with Gasteiger partial charge in [0.15, 0.2) is 0 Å². The summed E-state index contributed by atoms with van der Waals surface area (Å²) in [6, 6.07) is 6.08. The van der Waals surface area contributed by atoms with E-state index < -0.39 is 19.2 Å². The van der Waals surface area contributed by atoms with Crippen molar-refractivity contribution < 1.29 is 26.7 Å². The number of nitrogens with one attached hydrogen (secondary N) is 1. The molecule has 0 heterocycles. The van der Waals surface area contributed by atoms with Crippen molar-refractivity contribution in [2.24, 2.45) is 0 Å². The van der Waals surface area contributed by atoms with Crippen molar-refractivity contribution in [2.75, 3.05) is 6.54 Å². The molecule has 1 aromatic rings. The summed E-state index contributed by atoms with van der Waals surface area (Å²) >= 11 is 0. The van der Waals surface area contributed by atoms with Gasteiger partial charge in [-0.2, -0.15) is 22.0 Å². The zero-order valence-corrected chi connectivity index (χ0v) is 11.6. The van der Waals surface area contributed by atoms with Gasteiger partial charge in [0.25, 0.3) is 0 Å². The standard InChI is InChI=1S/C14H18F5NO/c1-10(20-9-3-2-8-14(17,18)19)11-4-6-12(7-5-11)21-13(15)16/h4-7,10,13,20H,2-3,8-9H2,1H3. The largest absolute Gasteiger partial charge is 0.435 e. The quantitative estimate of drug-likeness (QED) is 0.556. The Balaban J connectivity index is 2.30. The fourth-order valence-electron chi connectivity index (χ4n) is 1.82. The number of benzene rings is 1. The van der Waals surface area contributed by atoms with E-state index in [2.05, 4.69) is 10.1 Å². The Morgan fingerprint density at radius 3 is 2.24 bits per heavy atom. The summed E-state index contributed by atoms with van der Waals surface area (Å²) in [5.41, 5.74) is 0.854. The van der Waals surface area contributed by atoms with Gasteiger partial charge in [0.2, 0.25) is 0 Å². The molecule has 1 atom stereocenters. The molecule has 0 spiro atoms. The lowest BCUT2D eigenvalue weighted by molar-refractivity contribution is -0.135. The molecule has 0 saturated heterocycles. The van der Waals surface area contributed by atoms with Gasteiger partial charge in [-0.15, -0.1) is 0 Å². The number of rotatable bonds is 8. The summed E-state index contributed by atoms with van der Waals surface area (Å²) in [6.45, 7) is -0.542. The predicted molar refractivity (Wildman–Crippen MR) is 69.4 cm³/mol. The van der Waals surface area contributed by atoms with Crippen LogP contribution in [0.3, 0.4) is 0 Å². The first-order valence-electron chi connectivity index (χ1n) is 6.63. The van der Waals surface area contributed by atoms with Crippen LogP contribution in [-0.4, -0.2) is 19.3 Å². The summed E-state index contributed by atoms with van der Waals surface area (Å²) < 4.78 is 64.1. The van der Waals surface area contributed by atoms with Crippen LogP contribution in [0.5, 0.6) is 5.75 Å². The second kappa shape index (κ2) is 8.17. The molecule has 2 nitrogen and oxygen atoms in total. The minimum absolute atomic E-state index is 0.0727. The van der Waals surface area contributed by atoms with E-state index in [1.54, 1.807) is 12.1 Å². The Morgan fingerprint density at radius 2 is 1.71 bits per heavy atom. The van der Waals surface area contributed by atoms with Crippen molar-refractivity contribution in [3.8, 4) is 5.75 Å². The highest BCUT2D eigenvalue weighted by molar-refractivity contribution is 5.28. The van der Waals surface area contributed by atoms with Gasteiger partial charge in [-0.05, 0) is 44.0 Å². The first-order chi connectivity index (χ1) is 9.78. The minimum Gasteiger partial charge on any atom is -0.435 e. The van der Waals surface area contributed by atoms with E-state index >= 15 is 0 Å². The van der Waals surface area contributed by atoms with Crippen molar-refractivity contribution in [1.29, 1.82) is 0 Å². The van der Waals surface area contributed by atoms with Crippen LogP contribution in [0.2, 0.25) is 0 Å². The molecular weight excluding hydrogens is 293 g/mol. The van der Waals surface area contributed by atoms with Gasteiger partial charge in [-0.25, -0.2) is 0 Å². The molecule has 21 heavy (non-hydrogen) atoms. The van der Waals surface area contributed by atoms with Crippen LogP contribution in [0.15, 0.2) is 24.3 Å². The molecule has 0 radical (unpaired) electrons. The first kappa shape index (κ1) is 17.7. The lowest BCUT2D eigenvalue weighted by atomic mass is 10.1. The van der Waals surface area contributed by atoms with Gasteiger partial charge in [-0.3, -0.25) is 0 Å². The van der Waals surface area contributed by atoms with E-state index in [1.165, 1.54) is 12.1 Å². The van der Waals surface area contributed by atoms with Crippen molar-refractivity contribution in [3.05, 3.63) is 29.8 Å². The van der Waals surface area contributed by atoms with Gasteiger partial charge in [0.05, 0.1) is 0 Å². The summed E-state index contributed by atoms with van der Waals surface area (Å²) in [5, 5.41) is 3.09. The number of hydrogen-bond acceptors (Lipinski definition) is 2. The molecule has 0 aliphatic rings. The average Bonchev–Trinajstić information content (AvgIpc) is 2.37. The third-order valence-corrected chi connectivity index (χ3v) is 2.94. The van der Waals surface area contributed by atoms with E-state index in [0.29, 0.717) is 13.0 Å². The second-order valence-electron chi connectivity index (χ2n) is 4.70. The third kappa shape index (κ3) is 7.84. The Labute approximate surface area is 120 Å². The third-order valence-electron chi connectivity index (χ3n) is 2.94. The molecule has 1 rings (SSSR count). The van der Waals surface area contributed by atoms with Gasteiger partial charge in [0.1, 0.15) is 5.75 Å². The maximum Gasteiger partial charge on any atom is 0.389 e. The van der Waals surface area contributed by atoms with E-state index in [-0.39, 0.29) is 18.2 Å². The molecule has 1 unspecified atom stereocenters. The summed E-state index contributed by atoms with van der Waals surface area (Å²) in [5.74, 6) is 0.0751. The molecule has 120 valence electrons. The Bertz CT molecular complexity index is 405. The Morgan fingerprint density at radius 1 is 1.10 bits per heavy atom. The van der Waals surface area contributed by atoms with Crippen LogP contribution in [0.25, 0.3) is 0 Å². The Kier molecular flexibility index (Phi) is 6.87. The van der Waals surface area contributed by atoms with E-state index in [9.17, 15) is 22.0 Å². The molecule has 0 aliphatic carbocycles. The lowest BCUT2D eigenvalue weighted by Crippen LogP contribution is -2.20. The number of halogens is 5. The maximum atomic E-state index is 12.0. The fourth-order valence-corrected chi connectivity index (χ4v) is 1.82. The molecule has 0 bridgehead atoms. The normalized spacial score (nSPS) is 13.5. The van der Waals surface area contributed by atoms with Crippen LogP contribution in [0, 0.1) is 0 Å². The van der Waals surface area contributed by atoms with Crippen LogP contribution in [0.4, 0.5) is 22.0 Å². The van der Waals surface area contributed by atoms with E-state index in [1.807, 2.05) is 6.92 Å². The predicted octanol–water partition coefficient (Wildman–Crippen LogP) is 4.67. The Hall–Kier alpha value is -1.37. The van der Waals surface area contributed by atoms with Gasteiger partial charge in [-0.1, -0.05) is 12.1 Å². The SMILES string of the molecule is CC(NCCCCC(F)(F)F)c1ccc(OC(F)F)cc1. The average molecular weight is 311 g/mol. The summed E-state index contributed by atoms with van der Waals surface area (Å²) in [6.07, 6.45) is -4.37. The number of hydrogen-bond donors (Lipinski definition) is 1. The summed E-state index contributed by atoms with van der Waals surface area (Å²) in [4.78, 5) is 0. The molecule has 0 aliphatic heterocycles. The first-order valence-corrected chi connectivity index (χ1v) is 6.63. The van der Waals surface area contributed by atoms with Crippen molar-refractivity contribution in [3.63, 3.8) is 0 Å². The molecule has 1 aromatic carbocycles. The van der Waals surface area contributed by atoms with Crippen LogP contribution in [0.1, 0.15) is 37.8 Å². The lowest BCUT2D eigenvalue weighted by Gasteiger charge is -2.15. The zero-order chi connectivity index (χ0) is 15.9. The molecule has 0 fully saturated rings. The highest BCUT2D eigenvalue weighted by atomic mass is 19.4. The van der Waals surface area contributed by atoms with Gasteiger partial charge >= 0.3 is 12.8 Å². The fraction of sp³-hybridized carbons (Fsp3) is 0.571. The zero-order valence-electron chi connectivity index (χ0n) is 11.6. The topological polar surface area (TPSA) is 21.3 Å². The molecular formula is C14H18F5NO. The van der Waals surface area contributed by atoms with Crippen molar-refractivity contribution >= 4 is 0 Å². The number of unbranched alkanes of at least 4 members (excludes halogenated alkanes) is 1. The van der Waals surface area contributed by atoms with Gasteiger partial charge < -0.3 is 10.1 Å². The molecule has 0 saturated carbocycles. The van der Waals surface area contributed by atoms with Crippen LogP contribution < -0.4 is 10.1 Å². The van der Waals surface area contributed by atoms with Crippen molar-refractivity contribution in [1.82, 2.24) is 5.32 Å². The molecule has 7 heteroatoms. The highest BCUT2D eigenvalue weighted by Crippen LogP contribution is 2.22. The van der Waals surface area contributed by atoms with Crippen LogP contribution >= 0.6 is 0 Å². The summed E-state index contributed by atoms with van der Waals surface area (Å²) in [7, 11) is 0. The second-order valence-corrected chi connectivity index (χ2v) is 4.70. The van der Waals surface area contributed by atoms with E-state index in [4.69, 9.17) is 0 Å². The molecule has 1 N–H and O–H groups in total. The highest BCUT2D eigenvalue weighted by Gasteiger charge is 2.25. The molecule has 0 amide bonds. The number of ether oxygens (including phenoxy) is 1. The number of alkyl halides is 5. The van der Waals surface area contributed by atoms with Crippen molar-refractivity contribution in [2.45, 2.75) is 45.0 Å². The molecule has 0 aromatic heterocycles. The smallest absolute Gasteiger partial charge is 0.389 e. The minimum atomic E-state index is -4.11.